The van der Waals surface area contributed by atoms with Gasteiger partial charge in [0.2, 0.25) is 0 Å². The summed E-state index contributed by atoms with van der Waals surface area (Å²) in [7, 11) is 0. The Morgan fingerprint density at radius 2 is 1.90 bits per heavy atom. The van der Waals surface area contributed by atoms with Gasteiger partial charge in [0, 0.05) is 0 Å². The molecule has 3 rings (SSSR count). The van der Waals surface area contributed by atoms with Crippen molar-refractivity contribution in [1.82, 2.24) is 0 Å². The normalized spacial score (nSPS) is 14.1. The van der Waals surface area contributed by atoms with Crippen molar-refractivity contribution in [2.75, 3.05) is 0 Å². The summed E-state index contributed by atoms with van der Waals surface area (Å²) in [4.78, 5) is 10.8. The van der Waals surface area contributed by atoms with E-state index in [2.05, 4.69) is 0 Å². The molecule has 2 aromatic carbocycles. The number of benzene rings is 2. The van der Waals surface area contributed by atoms with E-state index in [1.807, 2.05) is 24.3 Å². The average molecular weight is 272 g/mol. The third-order valence-electron chi connectivity index (χ3n) is 3.19. The number of halogens is 1. The summed E-state index contributed by atoms with van der Waals surface area (Å²) in [5.74, 6) is -1.24. The van der Waals surface area contributed by atoms with Crippen LogP contribution in [0.5, 0.6) is 5.75 Å². The monoisotopic (exact) mass is 272 g/mol. The number of carboxylic acids is 1. The van der Waals surface area contributed by atoms with E-state index in [0.717, 1.165) is 24.2 Å². The molecule has 0 aliphatic heterocycles. The van der Waals surface area contributed by atoms with Gasteiger partial charge >= 0.3 is 5.97 Å². The smallest absolute Gasteiger partial charge is 0.338 e. The fourth-order valence-electron chi connectivity index (χ4n) is 2.00. The summed E-state index contributed by atoms with van der Waals surface area (Å²) < 4.78 is 19.4. The predicted octanol–water partition coefficient (Wildman–Crippen LogP) is 3.73. The highest BCUT2D eigenvalue weighted by Gasteiger charge is 2.23. The molecule has 0 saturated heterocycles. The predicted molar refractivity (Wildman–Crippen MR) is 72.4 cm³/mol. The van der Waals surface area contributed by atoms with Crippen molar-refractivity contribution in [1.29, 1.82) is 0 Å². The minimum atomic E-state index is -1.26. The standard InChI is InChI=1S/C16H13FO3/c17-15-9-11(4-7-14(15)16(18)19)10-2-1-3-13(8-10)20-12-5-6-12/h1-4,7-9,12H,5-6H2,(H,18,19). The second kappa shape index (κ2) is 4.96. The van der Waals surface area contributed by atoms with Gasteiger partial charge in [-0.2, -0.15) is 0 Å². The fourth-order valence-corrected chi connectivity index (χ4v) is 2.00. The van der Waals surface area contributed by atoms with E-state index < -0.39 is 11.8 Å². The van der Waals surface area contributed by atoms with Crippen LogP contribution in [0, 0.1) is 5.82 Å². The van der Waals surface area contributed by atoms with Crippen LogP contribution in [0.1, 0.15) is 23.2 Å². The zero-order valence-electron chi connectivity index (χ0n) is 10.7. The lowest BCUT2D eigenvalue weighted by molar-refractivity contribution is 0.0692. The molecule has 0 heterocycles. The van der Waals surface area contributed by atoms with E-state index in [9.17, 15) is 9.18 Å². The van der Waals surface area contributed by atoms with Crippen molar-refractivity contribution in [2.45, 2.75) is 18.9 Å². The van der Waals surface area contributed by atoms with E-state index in [4.69, 9.17) is 9.84 Å². The molecule has 2 aromatic rings. The van der Waals surface area contributed by atoms with Gasteiger partial charge < -0.3 is 9.84 Å². The van der Waals surface area contributed by atoms with Gasteiger partial charge in [-0.15, -0.1) is 0 Å². The Hall–Kier alpha value is -2.36. The molecule has 0 atom stereocenters. The SMILES string of the molecule is O=C(O)c1ccc(-c2cccc(OC3CC3)c2)cc1F. The van der Waals surface area contributed by atoms with Crippen LogP contribution in [0.3, 0.4) is 0 Å². The molecule has 0 radical (unpaired) electrons. The van der Waals surface area contributed by atoms with Crippen LogP contribution in [0.2, 0.25) is 0 Å². The van der Waals surface area contributed by atoms with E-state index in [1.54, 1.807) is 6.07 Å². The van der Waals surface area contributed by atoms with Crippen molar-refractivity contribution in [2.24, 2.45) is 0 Å². The molecule has 0 amide bonds. The molecule has 1 saturated carbocycles. The van der Waals surface area contributed by atoms with Crippen molar-refractivity contribution in [3.05, 3.63) is 53.8 Å². The maximum Gasteiger partial charge on any atom is 0.338 e. The molecular formula is C16H13FO3. The second-order valence-corrected chi connectivity index (χ2v) is 4.84. The summed E-state index contributed by atoms with van der Waals surface area (Å²) in [6, 6.07) is 11.5. The summed E-state index contributed by atoms with van der Waals surface area (Å²) in [6.07, 6.45) is 2.45. The number of rotatable bonds is 4. The first-order chi connectivity index (χ1) is 9.63. The molecular weight excluding hydrogens is 259 g/mol. The fraction of sp³-hybridized carbons (Fsp3) is 0.188. The molecule has 1 aliphatic rings. The van der Waals surface area contributed by atoms with Crippen molar-refractivity contribution < 1.29 is 19.0 Å². The number of aromatic carboxylic acids is 1. The van der Waals surface area contributed by atoms with Gasteiger partial charge in [-0.3, -0.25) is 0 Å². The lowest BCUT2D eigenvalue weighted by Gasteiger charge is -2.08. The maximum atomic E-state index is 13.7. The van der Waals surface area contributed by atoms with Gasteiger partial charge in [0.25, 0.3) is 0 Å². The highest BCUT2D eigenvalue weighted by atomic mass is 19.1. The summed E-state index contributed by atoms with van der Waals surface area (Å²) in [5.41, 5.74) is 1.12. The molecule has 0 spiro atoms. The summed E-state index contributed by atoms with van der Waals surface area (Å²) in [5, 5.41) is 8.82. The lowest BCUT2D eigenvalue weighted by atomic mass is 10.0. The van der Waals surface area contributed by atoms with Gasteiger partial charge in [0.15, 0.2) is 0 Å². The van der Waals surface area contributed by atoms with Gasteiger partial charge in [-0.25, -0.2) is 9.18 Å². The van der Waals surface area contributed by atoms with Crippen molar-refractivity contribution in [3.8, 4) is 16.9 Å². The summed E-state index contributed by atoms with van der Waals surface area (Å²) >= 11 is 0. The lowest BCUT2D eigenvalue weighted by Crippen LogP contribution is -2.00. The Morgan fingerprint density at radius 3 is 2.55 bits per heavy atom. The molecule has 1 aliphatic carbocycles. The maximum absolute atomic E-state index is 13.7. The number of carboxylic acid groups (broad SMARTS) is 1. The molecule has 0 bridgehead atoms. The van der Waals surface area contributed by atoms with Gasteiger partial charge in [0.1, 0.15) is 11.6 Å². The topological polar surface area (TPSA) is 46.5 Å². The number of carbonyl (C=O) groups is 1. The Balaban J connectivity index is 1.91. The number of hydrogen-bond donors (Lipinski definition) is 1. The highest BCUT2D eigenvalue weighted by molar-refractivity contribution is 5.88. The Bertz CT molecular complexity index is 663. The van der Waals surface area contributed by atoms with Crippen LogP contribution in [-0.2, 0) is 0 Å². The Morgan fingerprint density at radius 1 is 1.15 bits per heavy atom. The zero-order chi connectivity index (χ0) is 14.1. The summed E-state index contributed by atoms with van der Waals surface area (Å²) in [6.45, 7) is 0. The second-order valence-electron chi connectivity index (χ2n) is 4.84. The molecule has 20 heavy (non-hydrogen) atoms. The van der Waals surface area contributed by atoms with Crippen LogP contribution >= 0.6 is 0 Å². The van der Waals surface area contributed by atoms with Gasteiger partial charge in [-0.1, -0.05) is 18.2 Å². The van der Waals surface area contributed by atoms with Crippen LogP contribution in [0.15, 0.2) is 42.5 Å². The third kappa shape index (κ3) is 2.64. The molecule has 102 valence electrons. The van der Waals surface area contributed by atoms with E-state index in [1.165, 1.54) is 12.1 Å². The molecule has 4 heteroatoms. The minimum absolute atomic E-state index is 0.302. The molecule has 1 N–H and O–H groups in total. The minimum Gasteiger partial charge on any atom is -0.490 e. The first-order valence-electron chi connectivity index (χ1n) is 6.43. The molecule has 3 nitrogen and oxygen atoms in total. The van der Waals surface area contributed by atoms with Crippen LogP contribution in [0.4, 0.5) is 4.39 Å². The van der Waals surface area contributed by atoms with E-state index >= 15 is 0 Å². The van der Waals surface area contributed by atoms with Crippen LogP contribution in [-0.4, -0.2) is 17.2 Å². The largest absolute Gasteiger partial charge is 0.490 e. The Labute approximate surface area is 115 Å². The van der Waals surface area contributed by atoms with E-state index in [-0.39, 0.29) is 5.56 Å². The third-order valence-corrected chi connectivity index (χ3v) is 3.19. The quantitative estimate of drug-likeness (QED) is 0.922. The van der Waals surface area contributed by atoms with Crippen molar-refractivity contribution in [3.63, 3.8) is 0 Å². The first-order valence-corrected chi connectivity index (χ1v) is 6.43. The van der Waals surface area contributed by atoms with Crippen LogP contribution in [0.25, 0.3) is 11.1 Å². The first kappa shape index (κ1) is 12.7. The average Bonchev–Trinajstić information content (AvgIpc) is 3.22. The number of ether oxygens (including phenoxy) is 1. The van der Waals surface area contributed by atoms with Crippen molar-refractivity contribution >= 4 is 5.97 Å². The van der Waals surface area contributed by atoms with E-state index in [0.29, 0.717) is 11.7 Å². The van der Waals surface area contributed by atoms with Crippen LogP contribution < -0.4 is 4.74 Å². The molecule has 0 unspecified atom stereocenters. The highest BCUT2D eigenvalue weighted by Crippen LogP contribution is 2.30. The molecule has 0 aromatic heterocycles. The number of hydrogen-bond acceptors (Lipinski definition) is 2. The molecule has 1 fully saturated rings. The zero-order valence-corrected chi connectivity index (χ0v) is 10.7. The Kier molecular flexibility index (Phi) is 3.14. The van der Waals surface area contributed by atoms with Gasteiger partial charge in [0.05, 0.1) is 11.7 Å². The van der Waals surface area contributed by atoms with Gasteiger partial charge in [-0.05, 0) is 48.2 Å².